The molecule has 0 spiro atoms. The number of aromatic nitrogens is 1. The summed E-state index contributed by atoms with van der Waals surface area (Å²) in [4.78, 5) is 23.4. The van der Waals surface area contributed by atoms with E-state index >= 15 is 0 Å². The fraction of sp³-hybridized carbons (Fsp3) is 0.100. The van der Waals surface area contributed by atoms with Crippen LogP contribution in [0.25, 0.3) is 17.0 Å². The van der Waals surface area contributed by atoms with Crippen molar-refractivity contribution in [3.63, 3.8) is 0 Å². The number of hydrogen-bond donors (Lipinski definition) is 2. The van der Waals surface area contributed by atoms with Crippen molar-refractivity contribution in [1.29, 1.82) is 0 Å². The van der Waals surface area contributed by atoms with Crippen LogP contribution in [0, 0.1) is 13.8 Å². The highest BCUT2D eigenvalue weighted by atomic mass is 16.5. The Kier molecular flexibility index (Phi) is 7.13. The number of aryl methyl sites for hydroxylation is 2. The van der Waals surface area contributed by atoms with E-state index in [0.717, 1.165) is 22.6 Å². The summed E-state index contributed by atoms with van der Waals surface area (Å²) in [6, 6.07) is 24.9. The lowest BCUT2D eigenvalue weighted by molar-refractivity contribution is 0.0696. The number of aromatic carboxylic acids is 1. The molecule has 5 rings (SSSR count). The monoisotopic (exact) mass is 523 g/mol. The number of nitrogens with one attached hydrogen (secondary N) is 1. The molecule has 0 aliphatic rings. The van der Waals surface area contributed by atoms with E-state index in [4.69, 9.17) is 18.7 Å². The second kappa shape index (κ2) is 11.0. The molecule has 0 saturated carbocycles. The molecule has 196 valence electrons. The molecule has 0 radical (unpaired) electrons. The number of carboxylic acid groups (broad SMARTS) is 1. The molecule has 0 aliphatic heterocycles. The normalized spacial score (nSPS) is 11.1. The summed E-state index contributed by atoms with van der Waals surface area (Å²) in [5, 5.41) is 12.9. The van der Waals surface area contributed by atoms with Gasteiger partial charge in [-0.05, 0) is 86.6 Å². The zero-order valence-electron chi connectivity index (χ0n) is 21.3. The highest BCUT2D eigenvalue weighted by Gasteiger charge is 2.12. The molecule has 0 unspecified atom stereocenters. The minimum absolute atomic E-state index is 0.0957. The number of benzene rings is 2. The second-order valence-corrected chi connectivity index (χ2v) is 8.78. The molecular weight excluding hydrogens is 498 g/mol. The number of amides is 1. The number of carbonyl (C=O) groups is 2. The van der Waals surface area contributed by atoms with Crippen LogP contribution in [0.2, 0.25) is 0 Å². The molecule has 0 atom stereocenters. The molecule has 3 aromatic heterocycles. The van der Waals surface area contributed by atoms with Crippen LogP contribution in [0.4, 0.5) is 0 Å². The average molecular weight is 524 g/mol. The molecule has 2 aromatic carbocycles. The molecule has 9 nitrogen and oxygen atoms in total. The van der Waals surface area contributed by atoms with Gasteiger partial charge in [-0.15, -0.1) is 0 Å². The van der Waals surface area contributed by atoms with Gasteiger partial charge in [-0.1, -0.05) is 12.1 Å². The summed E-state index contributed by atoms with van der Waals surface area (Å²) in [6.07, 6.45) is 1.36. The maximum absolute atomic E-state index is 12.4. The van der Waals surface area contributed by atoms with E-state index < -0.39 is 11.9 Å². The third kappa shape index (κ3) is 5.83. The van der Waals surface area contributed by atoms with E-state index in [9.17, 15) is 9.59 Å². The summed E-state index contributed by atoms with van der Waals surface area (Å²) in [5.41, 5.74) is 6.68. The first-order valence-corrected chi connectivity index (χ1v) is 12.1. The molecule has 9 heteroatoms. The van der Waals surface area contributed by atoms with Crippen LogP contribution in [0.3, 0.4) is 0 Å². The van der Waals surface area contributed by atoms with E-state index in [2.05, 4.69) is 41.1 Å². The number of rotatable bonds is 9. The first kappa shape index (κ1) is 25.3. The molecule has 0 aliphatic carbocycles. The van der Waals surface area contributed by atoms with Gasteiger partial charge in [-0.2, -0.15) is 5.10 Å². The molecule has 39 heavy (non-hydrogen) atoms. The third-order valence-corrected chi connectivity index (χ3v) is 6.03. The minimum atomic E-state index is -0.996. The van der Waals surface area contributed by atoms with Crippen molar-refractivity contribution in [3.05, 3.63) is 119 Å². The average Bonchev–Trinajstić information content (AvgIpc) is 3.69. The van der Waals surface area contributed by atoms with Crippen LogP contribution in [-0.4, -0.2) is 27.8 Å². The Labute approximate surface area is 224 Å². The molecule has 5 aromatic rings. The van der Waals surface area contributed by atoms with Crippen LogP contribution < -0.4 is 10.2 Å². The van der Waals surface area contributed by atoms with Crippen molar-refractivity contribution >= 4 is 18.1 Å². The lowest BCUT2D eigenvalue weighted by Crippen LogP contribution is -2.16. The van der Waals surface area contributed by atoms with Crippen molar-refractivity contribution in [2.75, 3.05) is 0 Å². The number of hydrazone groups is 1. The summed E-state index contributed by atoms with van der Waals surface area (Å²) in [6.45, 7) is 4.29. The zero-order chi connectivity index (χ0) is 27.4. The van der Waals surface area contributed by atoms with Gasteiger partial charge in [0.1, 0.15) is 29.6 Å². The Morgan fingerprint density at radius 3 is 2.31 bits per heavy atom. The van der Waals surface area contributed by atoms with Gasteiger partial charge < -0.3 is 23.2 Å². The SMILES string of the molecule is Cc1ccc(C)n1-c1ccc(OCc2ccc(C(=O)N/N=C/c3ccc(-c4ccc(C(=O)O)cc4)o3)o2)cc1. The van der Waals surface area contributed by atoms with Crippen molar-refractivity contribution < 1.29 is 28.3 Å². The van der Waals surface area contributed by atoms with E-state index in [1.807, 2.05) is 24.3 Å². The van der Waals surface area contributed by atoms with Gasteiger partial charge >= 0.3 is 11.9 Å². The zero-order valence-corrected chi connectivity index (χ0v) is 21.3. The van der Waals surface area contributed by atoms with Gasteiger partial charge in [0, 0.05) is 22.6 Å². The van der Waals surface area contributed by atoms with Crippen LogP contribution in [0.15, 0.2) is 98.9 Å². The van der Waals surface area contributed by atoms with Gasteiger partial charge in [-0.25, -0.2) is 10.2 Å². The molecule has 0 bridgehead atoms. The summed E-state index contributed by atoms with van der Waals surface area (Å²) < 4.78 is 19.2. The van der Waals surface area contributed by atoms with Crippen LogP contribution >= 0.6 is 0 Å². The number of carbonyl (C=O) groups excluding carboxylic acids is 1. The highest BCUT2D eigenvalue weighted by molar-refractivity contribution is 5.92. The standard InChI is InChI=1S/C30H25N3O6/c1-19-3-4-20(2)33(19)23-9-11-24(12-10-23)37-18-26-14-16-28(39-26)29(34)32-31-17-25-13-15-27(38-25)21-5-7-22(8-6-21)30(35)36/h3-17H,18H2,1-2H3,(H,32,34)(H,35,36)/b31-17+. The summed E-state index contributed by atoms with van der Waals surface area (Å²) in [5.74, 6) is 0.714. The van der Waals surface area contributed by atoms with Crippen LogP contribution in [0.1, 0.15) is 43.8 Å². The largest absolute Gasteiger partial charge is 0.486 e. The molecule has 1 amide bonds. The Bertz CT molecular complexity index is 1620. The number of ether oxygens (including phenoxy) is 1. The number of nitrogens with zero attached hydrogens (tertiary/aromatic N) is 2. The molecule has 2 N–H and O–H groups in total. The molecule has 3 heterocycles. The summed E-state index contributed by atoms with van der Waals surface area (Å²) in [7, 11) is 0. The van der Waals surface area contributed by atoms with Gasteiger partial charge in [0.2, 0.25) is 0 Å². The van der Waals surface area contributed by atoms with Gasteiger partial charge in [-0.3, -0.25) is 4.79 Å². The number of furan rings is 2. The predicted octanol–water partition coefficient (Wildman–Crippen LogP) is 5.99. The highest BCUT2D eigenvalue weighted by Crippen LogP contribution is 2.23. The van der Waals surface area contributed by atoms with Crippen molar-refractivity contribution in [3.8, 4) is 22.8 Å². The van der Waals surface area contributed by atoms with Crippen molar-refractivity contribution in [2.45, 2.75) is 20.5 Å². The maximum atomic E-state index is 12.4. The van der Waals surface area contributed by atoms with Crippen LogP contribution in [-0.2, 0) is 6.61 Å². The quantitative estimate of drug-likeness (QED) is 0.181. The van der Waals surface area contributed by atoms with Gasteiger partial charge in [0.25, 0.3) is 0 Å². The lowest BCUT2D eigenvalue weighted by atomic mass is 10.1. The number of hydrogen-bond acceptors (Lipinski definition) is 6. The van der Waals surface area contributed by atoms with Crippen molar-refractivity contribution in [2.24, 2.45) is 5.10 Å². The first-order valence-electron chi connectivity index (χ1n) is 12.1. The van der Waals surface area contributed by atoms with E-state index in [1.54, 1.807) is 36.4 Å². The van der Waals surface area contributed by atoms with Crippen molar-refractivity contribution in [1.82, 2.24) is 9.99 Å². The lowest BCUT2D eigenvalue weighted by Gasteiger charge is -2.10. The van der Waals surface area contributed by atoms with Gasteiger partial charge in [0.05, 0.1) is 11.8 Å². The van der Waals surface area contributed by atoms with E-state index in [1.165, 1.54) is 18.3 Å². The molecule has 0 fully saturated rings. The van der Waals surface area contributed by atoms with Gasteiger partial charge in [0.15, 0.2) is 5.76 Å². The molecular formula is C30H25N3O6. The fourth-order valence-electron chi connectivity index (χ4n) is 4.06. The van der Waals surface area contributed by atoms with E-state index in [-0.39, 0.29) is 17.9 Å². The smallest absolute Gasteiger partial charge is 0.335 e. The second-order valence-electron chi connectivity index (χ2n) is 8.78. The first-order chi connectivity index (χ1) is 18.9. The van der Waals surface area contributed by atoms with E-state index in [0.29, 0.717) is 23.0 Å². The number of carboxylic acids is 1. The third-order valence-electron chi connectivity index (χ3n) is 6.03. The van der Waals surface area contributed by atoms with Crippen LogP contribution in [0.5, 0.6) is 5.75 Å². The fourth-order valence-corrected chi connectivity index (χ4v) is 4.06. The Morgan fingerprint density at radius 2 is 1.62 bits per heavy atom. The Morgan fingerprint density at radius 1 is 0.897 bits per heavy atom. The predicted molar refractivity (Wildman–Crippen MR) is 144 cm³/mol. The summed E-state index contributed by atoms with van der Waals surface area (Å²) >= 11 is 0. The molecule has 0 saturated heterocycles. The Balaban J connectivity index is 1.13. The maximum Gasteiger partial charge on any atom is 0.335 e. The Hall–Kier alpha value is -5.31. The minimum Gasteiger partial charge on any atom is -0.486 e. The topological polar surface area (TPSA) is 119 Å².